The smallest absolute Gasteiger partial charge is 0.195 e. The predicted molar refractivity (Wildman–Crippen MR) is 121 cm³/mol. The Morgan fingerprint density at radius 2 is 1.97 bits per heavy atom. The van der Waals surface area contributed by atoms with Gasteiger partial charge in [0.1, 0.15) is 18.1 Å². The Kier molecular flexibility index (Phi) is 7.13. The fourth-order valence-corrected chi connectivity index (χ4v) is 3.82. The van der Waals surface area contributed by atoms with Crippen molar-refractivity contribution in [2.24, 2.45) is 0 Å². The summed E-state index contributed by atoms with van der Waals surface area (Å²) in [4.78, 5) is 14.4. The number of carbonyl (C=O) groups excluding carboxylic acids is 1. The van der Waals surface area contributed by atoms with Gasteiger partial charge in [0, 0.05) is 15.5 Å². The zero-order chi connectivity index (χ0) is 20.8. The van der Waals surface area contributed by atoms with Crippen molar-refractivity contribution in [2.75, 3.05) is 7.11 Å². The molecule has 3 rings (SSSR count). The highest BCUT2D eigenvalue weighted by Gasteiger charge is 2.08. The Labute approximate surface area is 180 Å². The molecule has 0 N–H and O–H groups in total. The van der Waals surface area contributed by atoms with Crippen molar-refractivity contribution in [1.82, 2.24) is 0 Å². The second kappa shape index (κ2) is 9.77. The highest BCUT2D eigenvalue weighted by molar-refractivity contribution is 7.14. The second-order valence-electron chi connectivity index (χ2n) is 6.59. The molecule has 2 aromatic carbocycles. The highest BCUT2D eigenvalue weighted by atomic mass is 35.5. The van der Waals surface area contributed by atoms with Crippen LogP contribution in [0.5, 0.6) is 11.5 Å². The fraction of sp³-hybridized carbons (Fsp3) is 0.208. The second-order valence-corrected chi connectivity index (χ2v) is 8.16. The third-order valence-corrected chi connectivity index (χ3v) is 6.18. The summed E-state index contributed by atoms with van der Waals surface area (Å²) in [7, 11) is 1.63. The molecule has 1 heterocycles. The minimum Gasteiger partial charge on any atom is -0.496 e. The molecule has 0 bridgehead atoms. The topological polar surface area (TPSA) is 35.5 Å². The summed E-state index contributed by atoms with van der Waals surface area (Å²) in [6.07, 6.45) is 4.37. The van der Waals surface area contributed by atoms with Crippen molar-refractivity contribution in [3.05, 3.63) is 86.1 Å². The Morgan fingerprint density at radius 3 is 2.66 bits per heavy atom. The number of ketones is 1. The molecule has 0 radical (unpaired) electrons. The van der Waals surface area contributed by atoms with Crippen LogP contribution in [0, 0.1) is 6.92 Å². The van der Waals surface area contributed by atoms with Crippen LogP contribution < -0.4 is 9.47 Å². The number of rotatable bonds is 8. The van der Waals surface area contributed by atoms with Crippen molar-refractivity contribution in [1.29, 1.82) is 0 Å². The number of benzene rings is 2. The van der Waals surface area contributed by atoms with Gasteiger partial charge < -0.3 is 9.47 Å². The number of allylic oxidation sites excluding steroid dienone is 1. The van der Waals surface area contributed by atoms with Crippen LogP contribution in [0.15, 0.2) is 54.6 Å². The van der Waals surface area contributed by atoms with E-state index in [4.69, 9.17) is 21.1 Å². The Morgan fingerprint density at radius 1 is 1.14 bits per heavy atom. The lowest BCUT2D eigenvalue weighted by atomic mass is 10.1. The molecular weight excluding hydrogens is 404 g/mol. The summed E-state index contributed by atoms with van der Waals surface area (Å²) in [6, 6.07) is 15.2. The molecule has 1 aromatic heterocycles. The SMILES string of the molecule is CCc1ccc(C(=O)/C=C/c2ccc(OC)c(COc3ccc(Cl)c(C)c3)c2)s1. The number of hydrogen-bond acceptors (Lipinski definition) is 4. The largest absolute Gasteiger partial charge is 0.496 e. The molecule has 0 aliphatic carbocycles. The van der Waals surface area contributed by atoms with Crippen LogP contribution in [0.4, 0.5) is 0 Å². The quantitative estimate of drug-likeness (QED) is 0.295. The first kappa shape index (κ1) is 21.2. The van der Waals surface area contributed by atoms with E-state index >= 15 is 0 Å². The van der Waals surface area contributed by atoms with E-state index in [0.29, 0.717) is 11.6 Å². The van der Waals surface area contributed by atoms with E-state index in [9.17, 15) is 4.79 Å². The molecule has 0 aliphatic heterocycles. The molecule has 150 valence electrons. The van der Waals surface area contributed by atoms with Gasteiger partial charge in [-0.05, 0) is 73.0 Å². The van der Waals surface area contributed by atoms with Crippen molar-refractivity contribution >= 4 is 34.8 Å². The average molecular weight is 427 g/mol. The number of halogens is 1. The van der Waals surface area contributed by atoms with Crippen molar-refractivity contribution < 1.29 is 14.3 Å². The molecular formula is C24H23ClO3S. The van der Waals surface area contributed by atoms with Crippen molar-refractivity contribution in [2.45, 2.75) is 26.9 Å². The summed E-state index contributed by atoms with van der Waals surface area (Å²) in [6.45, 7) is 4.38. The maximum atomic E-state index is 12.4. The van der Waals surface area contributed by atoms with Gasteiger partial charge >= 0.3 is 0 Å². The van der Waals surface area contributed by atoms with E-state index in [1.165, 1.54) is 4.88 Å². The first-order chi connectivity index (χ1) is 14.0. The van der Waals surface area contributed by atoms with Crippen LogP contribution in [0.3, 0.4) is 0 Å². The number of hydrogen-bond donors (Lipinski definition) is 0. The van der Waals surface area contributed by atoms with Gasteiger partial charge in [0.15, 0.2) is 5.78 Å². The van der Waals surface area contributed by atoms with E-state index in [1.54, 1.807) is 24.5 Å². The molecule has 0 atom stereocenters. The van der Waals surface area contributed by atoms with Crippen molar-refractivity contribution in [3.8, 4) is 11.5 Å². The maximum absolute atomic E-state index is 12.4. The first-order valence-corrected chi connectivity index (χ1v) is 10.6. The van der Waals surface area contributed by atoms with E-state index in [1.807, 2.05) is 61.5 Å². The van der Waals surface area contributed by atoms with Gasteiger partial charge in [0.2, 0.25) is 0 Å². The number of thiophene rings is 1. The van der Waals surface area contributed by atoms with E-state index < -0.39 is 0 Å². The summed E-state index contributed by atoms with van der Waals surface area (Å²) in [5, 5.41) is 0.712. The monoisotopic (exact) mass is 426 g/mol. The lowest BCUT2D eigenvalue weighted by Gasteiger charge is -2.12. The summed E-state index contributed by atoms with van der Waals surface area (Å²) < 4.78 is 11.4. The molecule has 0 aliphatic rings. The molecule has 0 fully saturated rings. The standard InChI is InChI=1S/C24H23ClO3S/c1-4-20-8-12-24(29-20)22(26)10-5-17-6-11-23(27-3)18(14-17)15-28-19-7-9-21(25)16(2)13-19/h5-14H,4,15H2,1-3H3/b10-5+. The lowest BCUT2D eigenvalue weighted by molar-refractivity contribution is 0.105. The third-order valence-electron chi connectivity index (χ3n) is 4.51. The fourth-order valence-electron chi connectivity index (χ4n) is 2.84. The Balaban J connectivity index is 1.73. The molecule has 0 spiro atoms. The third kappa shape index (κ3) is 5.49. The minimum atomic E-state index is 0.0138. The number of ether oxygens (including phenoxy) is 2. The van der Waals surface area contributed by atoms with Gasteiger partial charge in [0.05, 0.1) is 12.0 Å². The zero-order valence-electron chi connectivity index (χ0n) is 16.7. The van der Waals surface area contributed by atoms with Gasteiger partial charge in [-0.2, -0.15) is 0 Å². The van der Waals surface area contributed by atoms with Crippen LogP contribution in [0.25, 0.3) is 6.08 Å². The predicted octanol–water partition coefficient (Wildman–Crippen LogP) is 6.76. The van der Waals surface area contributed by atoms with Crippen LogP contribution >= 0.6 is 22.9 Å². The average Bonchev–Trinajstić information content (AvgIpc) is 3.22. The molecule has 3 nitrogen and oxygen atoms in total. The maximum Gasteiger partial charge on any atom is 0.195 e. The summed E-state index contributed by atoms with van der Waals surface area (Å²) in [5.41, 5.74) is 2.78. The number of methoxy groups -OCH3 is 1. The van der Waals surface area contributed by atoms with Gasteiger partial charge in [-0.25, -0.2) is 0 Å². The van der Waals surface area contributed by atoms with Gasteiger partial charge in [0.25, 0.3) is 0 Å². The number of aryl methyl sites for hydroxylation is 2. The van der Waals surface area contributed by atoms with Gasteiger partial charge in [-0.15, -0.1) is 11.3 Å². The molecule has 3 aromatic rings. The van der Waals surface area contributed by atoms with Gasteiger partial charge in [-0.3, -0.25) is 4.79 Å². The molecule has 0 amide bonds. The normalized spacial score (nSPS) is 11.0. The zero-order valence-corrected chi connectivity index (χ0v) is 18.3. The lowest BCUT2D eigenvalue weighted by Crippen LogP contribution is -1.99. The molecule has 0 saturated carbocycles. The first-order valence-electron chi connectivity index (χ1n) is 9.37. The summed E-state index contributed by atoms with van der Waals surface area (Å²) in [5.74, 6) is 1.50. The molecule has 5 heteroatoms. The Hall–Kier alpha value is -2.56. The molecule has 29 heavy (non-hydrogen) atoms. The van der Waals surface area contributed by atoms with E-state index in [0.717, 1.165) is 39.5 Å². The van der Waals surface area contributed by atoms with Crippen LogP contribution in [-0.4, -0.2) is 12.9 Å². The van der Waals surface area contributed by atoms with Crippen molar-refractivity contribution in [3.63, 3.8) is 0 Å². The minimum absolute atomic E-state index is 0.0138. The Bertz CT molecular complexity index is 1040. The number of carbonyl (C=O) groups is 1. The molecule has 0 saturated heterocycles. The van der Waals surface area contributed by atoms with E-state index in [-0.39, 0.29) is 5.78 Å². The highest BCUT2D eigenvalue weighted by Crippen LogP contribution is 2.25. The van der Waals surface area contributed by atoms with E-state index in [2.05, 4.69) is 6.92 Å². The van der Waals surface area contributed by atoms with Gasteiger partial charge in [-0.1, -0.05) is 30.7 Å². The molecule has 0 unspecified atom stereocenters. The van der Waals surface area contributed by atoms with Crippen LogP contribution in [-0.2, 0) is 13.0 Å². The summed E-state index contributed by atoms with van der Waals surface area (Å²) >= 11 is 7.61. The van der Waals surface area contributed by atoms with Crippen LogP contribution in [0.1, 0.15) is 38.2 Å². The van der Waals surface area contributed by atoms with Crippen LogP contribution in [0.2, 0.25) is 5.02 Å².